The van der Waals surface area contributed by atoms with E-state index in [4.69, 9.17) is 4.74 Å². The van der Waals surface area contributed by atoms with Crippen LogP contribution in [0.5, 0.6) is 5.88 Å². The van der Waals surface area contributed by atoms with Crippen LogP contribution in [0.1, 0.15) is 20.3 Å². The predicted octanol–water partition coefficient (Wildman–Crippen LogP) is 1.73. The Kier molecular flexibility index (Phi) is 3.58. The second-order valence-electron chi connectivity index (χ2n) is 5.88. The number of aromatic nitrogens is 1. The van der Waals surface area contributed by atoms with Gasteiger partial charge in [0.15, 0.2) is 0 Å². The molecule has 0 spiro atoms. The third-order valence-electron chi connectivity index (χ3n) is 4.10. The fourth-order valence-electron chi connectivity index (χ4n) is 2.42. The molecule has 1 heterocycles. The maximum Gasteiger partial charge on any atom is 0.239 e. The van der Waals surface area contributed by atoms with E-state index in [1.54, 1.807) is 13.3 Å². The zero-order valence-corrected chi connectivity index (χ0v) is 12.3. The van der Waals surface area contributed by atoms with Gasteiger partial charge in [-0.1, -0.05) is 13.8 Å². The molecular weight excluding hydrogens is 242 g/mol. The van der Waals surface area contributed by atoms with E-state index in [9.17, 15) is 5.11 Å². The number of hydrogen-bond acceptors (Lipinski definition) is 5. The fourth-order valence-corrected chi connectivity index (χ4v) is 2.42. The molecule has 2 unspecified atom stereocenters. The number of nitrogens with one attached hydrogen (secondary N) is 1. The van der Waals surface area contributed by atoms with Crippen molar-refractivity contribution < 1.29 is 9.84 Å². The normalized spacial score (nSPS) is 24.5. The van der Waals surface area contributed by atoms with Crippen LogP contribution in [0.25, 0.3) is 0 Å². The van der Waals surface area contributed by atoms with Crippen LogP contribution in [-0.4, -0.2) is 43.4 Å². The quantitative estimate of drug-likeness (QED) is 0.868. The van der Waals surface area contributed by atoms with Gasteiger partial charge in [0.1, 0.15) is 5.69 Å². The molecule has 1 saturated carbocycles. The van der Waals surface area contributed by atoms with Crippen LogP contribution in [-0.2, 0) is 0 Å². The number of ether oxygens (including phenoxy) is 1. The van der Waals surface area contributed by atoms with E-state index < -0.39 is 0 Å². The molecule has 1 aliphatic carbocycles. The van der Waals surface area contributed by atoms with Gasteiger partial charge in [-0.15, -0.1) is 0 Å². The van der Waals surface area contributed by atoms with Crippen molar-refractivity contribution in [3.8, 4) is 5.88 Å². The summed E-state index contributed by atoms with van der Waals surface area (Å²) < 4.78 is 5.34. The summed E-state index contributed by atoms with van der Waals surface area (Å²) in [5.41, 5.74) is 1.79. The summed E-state index contributed by atoms with van der Waals surface area (Å²) in [6, 6.07) is 2.17. The van der Waals surface area contributed by atoms with Gasteiger partial charge in [-0.25, -0.2) is 4.98 Å². The average molecular weight is 265 g/mol. The van der Waals surface area contributed by atoms with Gasteiger partial charge < -0.3 is 20.1 Å². The summed E-state index contributed by atoms with van der Waals surface area (Å²) in [6.45, 7) is 4.13. The molecule has 5 nitrogen and oxygen atoms in total. The molecule has 0 radical (unpaired) electrons. The van der Waals surface area contributed by atoms with Crippen molar-refractivity contribution in [2.45, 2.75) is 32.4 Å². The SMILES string of the molecule is COc1nccc(N(C)C)c1NC1CC(O)C1(C)C. The maximum atomic E-state index is 9.83. The predicted molar refractivity (Wildman–Crippen MR) is 76.9 cm³/mol. The summed E-state index contributed by atoms with van der Waals surface area (Å²) in [5.74, 6) is 0.586. The lowest BCUT2D eigenvalue weighted by molar-refractivity contribution is -0.0511. The van der Waals surface area contributed by atoms with Crippen molar-refractivity contribution in [3.05, 3.63) is 12.3 Å². The van der Waals surface area contributed by atoms with Crippen LogP contribution in [0, 0.1) is 5.41 Å². The number of methoxy groups -OCH3 is 1. The summed E-state index contributed by atoms with van der Waals surface area (Å²) in [4.78, 5) is 6.27. The van der Waals surface area contributed by atoms with Gasteiger partial charge in [0.05, 0.1) is 18.9 Å². The number of pyridine rings is 1. The molecule has 0 saturated heterocycles. The summed E-state index contributed by atoms with van der Waals surface area (Å²) in [6.07, 6.45) is 2.23. The van der Waals surface area contributed by atoms with Crippen molar-refractivity contribution >= 4 is 11.4 Å². The molecule has 2 rings (SSSR count). The highest BCUT2D eigenvalue weighted by molar-refractivity contribution is 5.74. The lowest BCUT2D eigenvalue weighted by Crippen LogP contribution is -2.57. The minimum atomic E-state index is -0.254. The summed E-state index contributed by atoms with van der Waals surface area (Å²) >= 11 is 0. The first kappa shape index (κ1) is 13.9. The van der Waals surface area contributed by atoms with Crippen molar-refractivity contribution in [2.24, 2.45) is 5.41 Å². The third kappa shape index (κ3) is 2.34. The van der Waals surface area contributed by atoms with Gasteiger partial charge in [0, 0.05) is 31.7 Å². The smallest absolute Gasteiger partial charge is 0.239 e. The minimum Gasteiger partial charge on any atom is -0.479 e. The third-order valence-corrected chi connectivity index (χ3v) is 4.10. The Morgan fingerprint density at radius 1 is 1.47 bits per heavy atom. The number of nitrogens with zero attached hydrogens (tertiary/aromatic N) is 2. The summed E-state index contributed by atoms with van der Waals surface area (Å²) in [5, 5.41) is 13.3. The topological polar surface area (TPSA) is 57.6 Å². The average Bonchev–Trinajstić information content (AvgIpc) is 2.38. The standard InChI is InChI=1S/C14H23N3O2/c1-14(2)10(8-11(14)18)16-12-9(17(3)4)6-7-15-13(12)19-5/h6-7,10-11,16,18H,8H2,1-5H3. The van der Waals surface area contributed by atoms with E-state index in [2.05, 4.69) is 24.1 Å². The van der Waals surface area contributed by atoms with Gasteiger partial charge in [0.25, 0.3) is 0 Å². The second-order valence-corrected chi connectivity index (χ2v) is 5.88. The first-order valence-corrected chi connectivity index (χ1v) is 6.52. The van der Waals surface area contributed by atoms with Crippen LogP contribution < -0.4 is 15.0 Å². The van der Waals surface area contributed by atoms with E-state index in [-0.39, 0.29) is 17.6 Å². The molecular formula is C14H23N3O2. The van der Waals surface area contributed by atoms with Crippen molar-refractivity contribution in [2.75, 3.05) is 31.4 Å². The van der Waals surface area contributed by atoms with E-state index >= 15 is 0 Å². The molecule has 19 heavy (non-hydrogen) atoms. The molecule has 5 heteroatoms. The highest BCUT2D eigenvalue weighted by atomic mass is 16.5. The van der Waals surface area contributed by atoms with Gasteiger partial charge in [-0.3, -0.25) is 0 Å². The summed E-state index contributed by atoms with van der Waals surface area (Å²) in [7, 11) is 5.59. The number of aliphatic hydroxyl groups excluding tert-OH is 1. The lowest BCUT2D eigenvalue weighted by atomic mass is 9.64. The van der Waals surface area contributed by atoms with E-state index in [1.165, 1.54) is 0 Å². The zero-order chi connectivity index (χ0) is 14.2. The van der Waals surface area contributed by atoms with Crippen LogP contribution >= 0.6 is 0 Å². The van der Waals surface area contributed by atoms with Gasteiger partial charge in [-0.05, 0) is 12.5 Å². The number of anilines is 2. The molecule has 0 aromatic carbocycles. The Bertz CT molecular complexity index is 460. The monoisotopic (exact) mass is 265 g/mol. The van der Waals surface area contributed by atoms with Crippen LogP contribution in [0.2, 0.25) is 0 Å². The Morgan fingerprint density at radius 2 is 2.16 bits per heavy atom. The Balaban J connectivity index is 2.29. The van der Waals surface area contributed by atoms with E-state index in [0.717, 1.165) is 17.8 Å². The first-order valence-electron chi connectivity index (χ1n) is 6.52. The highest BCUT2D eigenvalue weighted by Gasteiger charge is 2.47. The fraction of sp³-hybridized carbons (Fsp3) is 0.643. The highest BCUT2D eigenvalue weighted by Crippen LogP contribution is 2.44. The first-order chi connectivity index (χ1) is 8.87. The van der Waals surface area contributed by atoms with Gasteiger partial charge in [0.2, 0.25) is 5.88 Å². The van der Waals surface area contributed by atoms with Crippen molar-refractivity contribution in [3.63, 3.8) is 0 Å². The zero-order valence-electron chi connectivity index (χ0n) is 12.3. The molecule has 1 aliphatic rings. The lowest BCUT2D eigenvalue weighted by Gasteiger charge is -2.50. The molecule has 106 valence electrons. The number of hydrogen-bond donors (Lipinski definition) is 2. The number of rotatable bonds is 4. The van der Waals surface area contributed by atoms with Crippen molar-refractivity contribution in [1.82, 2.24) is 4.98 Å². The number of aliphatic hydroxyl groups is 1. The van der Waals surface area contributed by atoms with E-state index in [0.29, 0.717) is 5.88 Å². The maximum absolute atomic E-state index is 9.83. The Morgan fingerprint density at radius 3 is 2.63 bits per heavy atom. The van der Waals surface area contributed by atoms with Crippen LogP contribution in [0.4, 0.5) is 11.4 Å². The minimum absolute atomic E-state index is 0.134. The van der Waals surface area contributed by atoms with Gasteiger partial charge in [-0.2, -0.15) is 0 Å². The largest absolute Gasteiger partial charge is 0.479 e. The molecule has 2 atom stereocenters. The second kappa shape index (κ2) is 4.89. The molecule has 1 aromatic heterocycles. The molecule has 1 fully saturated rings. The Labute approximate surface area is 114 Å². The molecule has 0 aliphatic heterocycles. The molecule has 1 aromatic rings. The molecule has 2 N–H and O–H groups in total. The Hall–Kier alpha value is -1.49. The molecule has 0 bridgehead atoms. The van der Waals surface area contributed by atoms with E-state index in [1.807, 2.05) is 25.1 Å². The van der Waals surface area contributed by atoms with Crippen LogP contribution in [0.15, 0.2) is 12.3 Å². The van der Waals surface area contributed by atoms with Gasteiger partial charge >= 0.3 is 0 Å². The van der Waals surface area contributed by atoms with Crippen LogP contribution in [0.3, 0.4) is 0 Å². The van der Waals surface area contributed by atoms with Crippen molar-refractivity contribution in [1.29, 1.82) is 0 Å². The molecule has 0 amide bonds.